The van der Waals surface area contributed by atoms with Gasteiger partial charge in [0, 0.05) is 25.1 Å². The Morgan fingerprint density at radius 3 is 2.59 bits per heavy atom. The predicted octanol–water partition coefficient (Wildman–Crippen LogP) is 2.00. The van der Waals surface area contributed by atoms with Gasteiger partial charge in [0.05, 0.1) is 24.9 Å². The first-order chi connectivity index (χ1) is 13.9. The van der Waals surface area contributed by atoms with Crippen LogP contribution in [0.2, 0.25) is 0 Å². The first-order valence-electron chi connectivity index (χ1n) is 9.78. The van der Waals surface area contributed by atoms with Crippen molar-refractivity contribution >= 4 is 11.8 Å². The number of methoxy groups -OCH3 is 1. The fraction of sp³-hybridized carbons (Fsp3) is 0.524. The predicted molar refractivity (Wildman–Crippen MR) is 105 cm³/mol. The Morgan fingerprint density at radius 1 is 1.28 bits per heavy atom. The molecule has 2 fully saturated rings. The van der Waals surface area contributed by atoms with Gasteiger partial charge in [-0.2, -0.15) is 0 Å². The van der Waals surface area contributed by atoms with E-state index in [2.05, 4.69) is 5.16 Å². The largest absolute Gasteiger partial charge is 0.465 e. The van der Waals surface area contributed by atoms with Gasteiger partial charge in [0.2, 0.25) is 0 Å². The van der Waals surface area contributed by atoms with Crippen LogP contribution in [-0.4, -0.2) is 65.5 Å². The van der Waals surface area contributed by atoms with Gasteiger partial charge in [0.25, 0.3) is 0 Å². The molecule has 2 aromatic rings. The first-order valence-corrected chi connectivity index (χ1v) is 9.78. The molecule has 2 aliphatic rings. The summed E-state index contributed by atoms with van der Waals surface area (Å²) in [5.74, 6) is 0.334. The molecule has 156 valence electrons. The number of aliphatic hydroxyl groups excluding tert-OH is 1. The Kier molecular flexibility index (Phi) is 5.10. The van der Waals surface area contributed by atoms with Crippen LogP contribution in [0.25, 0.3) is 11.3 Å². The highest BCUT2D eigenvalue weighted by atomic mass is 16.5. The summed E-state index contributed by atoms with van der Waals surface area (Å²) in [5, 5.41) is 24.6. The third-order valence-electron chi connectivity index (χ3n) is 6.02. The van der Waals surface area contributed by atoms with Crippen LogP contribution in [0.3, 0.4) is 0 Å². The number of carbonyl (C=O) groups excluding carboxylic acids is 1. The van der Waals surface area contributed by atoms with Crippen LogP contribution in [0.15, 0.2) is 34.9 Å². The maximum absolute atomic E-state index is 12.5. The summed E-state index contributed by atoms with van der Waals surface area (Å²) in [6, 6.07) is 9.32. The summed E-state index contributed by atoms with van der Waals surface area (Å²) in [6.45, 7) is 2.92. The van der Waals surface area contributed by atoms with Gasteiger partial charge in [-0.15, -0.1) is 0 Å². The molecule has 4 rings (SSSR count). The highest BCUT2D eigenvalue weighted by Crippen LogP contribution is 2.41. The molecule has 2 aliphatic heterocycles. The monoisotopic (exact) mass is 402 g/mol. The number of aliphatic hydroxyl groups is 2. The molecule has 0 amide bonds. The number of aromatic nitrogens is 1. The average molecular weight is 402 g/mol. The summed E-state index contributed by atoms with van der Waals surface area (Å²) in [6.07, 6.45) is 0.766. The molecule has 2 N–H and O–H groups in total. The fourth-order valence-electron chi connectivity index (χ4n) is 4.27. The molecule has 2 atom stereocenters. The number of carbonyl (C=O) groups is 1. The van der Waals surface area contributed by atoms with E-state index < -0.39 is 23.3 Å². The van der Waals surface area contributed by atoms with Crippen molar-refractivity contribution in [3.05, 3.63) is 35.9 Å². The minimum absolute atomic E-state index is 0.114. The number of benzene rings is 1. The van der Waals surface area contributed by atoms with Crippen molar-refractivity contribution in [2.45, 2.75) is 43.5 Å². The van der Waals surface area contributed by atoms with Gasteiger partial charge < -0.3 is 29.1 Å². The summed E-state index contributed by atoms with van der Waals surface area (Å²) in [5.41, 5.74) is -0.606. The average Bonchev–Trinajstić information content (AvgIpc) is 3.16. The van der Waals surface area contributed by atoms with Crippen molar-refractivity contribution in [3.63, 3.8) is 0 Å². The van der Waals surface area contributed by atoms with Crippen molar-refractivity contribution in [3.8, 4) is 11.3 Å². The summed E-state index contributed by atoms with van der Waals surface area (Å²) in [7, 11) is 1.34. The molecular formula is C21H26N2O6. The van der Waals surface area contributed by atoms with Crippen LogP contribution in [0.4, 0.5) is 5.82 Å². The molecule has 1 spiro atoms. The molecule has 0 unspecified atom stereocenters. The number of hydrogen-bond acceptors (Lipinski definition) is 8. The highest BCUT2D eigenvalue weighted by Gasteiger charge is 2.49. The van der Waals surface area contributed by atoms with Crippen molar-refractivity contribution in [1.82, 2.24) is 5.16 Å². The van der Waals surface area contributed by atoms with E-state index in [0.29, 0.717) is 49.5 Å². The van der Waals surface area contributed by atoms with Crippen LogP contribution >= 0.6 is 0 Å². The van der Waals surface area contributed by atoms with E-state index in [4.69, 9.17) is 14.0 Å². The van der Waals surface area contributed by atoms with Crippen molar-refractivity contribution in [2.24, 2.45) is 0 Å². The molecule has 2 saturated heterocycles. The molecule has 0 bridgehead atoms. The number of ether oxygens (including phenoxy) is 2. The van der Waals surface area contributed by atoms with Gasteiger partial charge in [-0.25, -0.2) is 4.79 Å². The van der Waals surface area contributed by atoms with E-state index in [1.54, 1.807) is 6.92 Å². The van der Waals surface area contributed by atoms with Crippen LogP contribution in [0.5, 0.6) is 0 Å². The second-order valence-corrected chi connectivity index (χ2v) is 8.10. The molecule has 1 aromatic heterocycles. The maximum atomic E-state index is 12.5. The molecule has 0 saturated carbocycles. The Balaban J connectivity index is 1.58. The second-order valence-electron chi connectivity index (χ2n) is 8.10. The number of esters is 1. The van der Waals surface area contributed by atoms with Gasteiger partial charge in [-0.3, -0.25) is 0 Å². The van der Waals surface area contributed by atoms with E-state index in [1.165, 1.54) is 7.11 Å². The summed E-state index contributed by atoms with van der Waals surface area (Å²) >= 11 is 0. The number of rotatable bonds is 3. The zero-order valence-electron chi connectivity index (χ0n) is 16.6. The minimum Gasteiger partial charge on any atom is -0.465 e. The fourth-order valence-corrected chi connectivity index (χ4v) is 4.27. The van der Waals surface area contributed by atoms with Crippen LogP contribution in [0, 0.1) is 0 Å². The molecule has 8 heteroatoms. The third kappa shape index (κ3) is 3.63. The quantitative estimate of drug-likeness (QED) is 0.751. The van der Waals surface area contributed by atoms with E-state index in [-0.39, 0.29) is 6.61 Å². The third-order valence-corrected chi connectivity index (χ3v) is 6.02. The second kappa shape index (κ2) is 7.44. The van der Waals surface area contributed by atoms with Gasteiger partial charge in [-0.1, -0.05) is 35.5 Å². The Morgan fingerprint density at radius 2 is 1.97 bits per heavy atom. The van der Waals surface area contributed by atoms with Gasteiger partial charge in [0.1, 0.15) is 6.10 Å². The lowest BCUT2D eigenvalue weighted by Gasteiger charge is -2.49. The Hall–Kier alpha value is -2.42. The van der Waals surface area contributed by atoms with Crippen molar-refractivity contribution in [2.75, 3.05) is 31.7 Å². The highest BCUT2D eigenvalue weighted by molar-refractivity contribution is 6.00. The number of piperidine rings is 1. The topological polar surface area (TPSA) is 105 Å². The van der Waals surface area contributed by atoms with E-state index in [9.17, 15) is 15.0 Å². The van der Waals surface area contributed by atoms with Gasteiger partial charge in [-0.05, 0) is 19.8 Å². The maximum Gasteiger partial charge on any atom is 0.345 e. The van der Waals surface area contributed by atoms with E-state index in [0.717, 1.165) is 5.56 Å². The van der Waals surface area contributed by atoms with Crippen LogP contribution in [-0.2, 0) is 9.47 Å². The van der Waals surface area contributed by atoms with Gasteiger partial charge >= 0.3 is 5.97 Å². The van der Waals surface area contributed by atoms with E-state index >= 15 is 0 Å². The molecule has 3 heterocycles. The lowest BCUT2D eigenvalue weighted by atomic mass is 9.76. The van der Waals surface area contributed by atoms with Crippen LogP contribution < -0.4 is 4.90 Å². The number of anilines is 1. The van der Waals surface area contributed by atoms with E-state index in [1.807, 2.05) is 35.2 Å². The molecule has 1 aromatic carbocycles. The smallest absolute Gasteiger partial charge is 0.345 e. The Bertz CT molecular complexity index is 871. The molecular weight excluding hydrogens is 376 g/mol. The van der Waals surface area contributed by atoms with Crippen LogP contribution in [0.1, 0.15) is 36.5 Å². The summed E-state index contributed by atoms with van der Waals surface area (Å²) < 4.78 is 16.5. The number of nitrogens with zero attached hydrogens (tertiary/aromatic N) is 2. The molecule has 29 heavy (non-hydrogen) atoms. The normalized spacial score (nSPS) is 26.5. The molecule has 8 nitrogen and oxygen atoms in total. The first kappa shape index (κ1) is 19.9. The van der Waals surface area contributed by atoms with Gasteiger partial charge in [0.15, 0.2) is 17.1 Å². The molecule has 0 radical (unpaired) electrons. The lowest BCUT2D eigenvalue weighted by molar-refractivity contribution is -0.216. The van der Waals surface area contributed by atoms with Crippen molar-refractivity contribution < 1.29 is 29.0 Å². The zero-order valence-corrected chi connectivity index (χ0v) is 16.6. The minimum atomic E-state index is -1.17. The SMILES string of the molecule is COC(=O)c1c(N2CCC3(CC2)C[C@](C)(O)[C@@H](O)CO3)noc1-c1ccccc1. The summed E-state index contributed by atoms with van der Waals surface area (Å²) in [4.78, 5) is 14.5. The lowest BCUT2D eigenvalue weighted by Crippen LogP contribution is -2.59. The number of hydrogen-bond donors (Lipinski definition) is 2. The molecule has 0 aliphatic carbocycles. The Labute approximate surface area is 169 Å². The zero-order chi connectivity index (χ0) is 20.6. The van der Waals surface area contributed by atoms with Crippen molar-refractivity contribution in [1.29, 1.82) is 0 Å². The standard InChI is InChI=1S/C21H26N2O6/c1-20(26)13-21(28-12-15(20)24)8-10-23(11-9-21)18-16(19(25)27-2)17(29-22-18)14-6-4-3-5-7-14/h3-7,15,24,26H,8-13H2,1-2H3/t15-,20-/m0/s1.